The van der Waals surface area contributed by atoms with Crippen molar-refractivity contribution in [3.05, 3.63) is 16.2 Å². The first-order valence-electron chi connectivity index (χ1n) is 4.94. The molecule has 21 heavy (non-hydrogen) atoms. The minimum Gasteiger partial charge on any atom is -0.481 e. The van der Waals surface area contributed by atoms with Gasteiger partial charge in [0.2, 0.25) is 10.0 Å². The molecule has 1 rings (SSSR count). The lowest BCUT2D eigenvalue weighted by Gasteiger charge is -2.07. The van der Waals surface area contributed by atoms with Crippen LogP contribution in [-0.2, 0) is 19.6 Å². The molecule has 1 heterocycles. The summed E-state index contributed by atoms with van der Waals surface area (Å²) in [5, 5.41) is 31.7. The SMILES string of the molecule is NS(=O)(=O)c1cc([N+](=O)[O-])c(SC(CC(=O)O)C(=O)O)s1. The van der Waals surface area contributed by atoms with E-state index >= 15 is 0 Å². The van der Waals surface area contributed by atoms with E-state index in [2.05, 4.69) is 0 Å². The number of nitrogens with two attached hydrogens (primary N) is 1. The van der Waals surface area contributed by atoms with E-state index in [-0.39, 0.29) is 4.21 Å². The highest BCUT2D eigenvalue weighted by molar-refractivity contribution is 8.03. The monoisotopic (exact) mass is 356 g/mol. The molecule has 0 saturated heterocycles. The average Bonchev–Trinajstić information content (AvgIpc) is 2.71. The van der Waals surface area contributed by atoms with Crippen molar-refractivity contribution in [3.63, 3.8) is 0 Å². The van der Waals surface area contributed by atoms with Gasteiger partial charge in [0.05, 0.1) is 11.3 Å². The van der Waals surface area contributed by atoms with Crippen molar-refractivity contribution in [2.24, 2.45) is 5.14 Å². The van der Waals surface area contributed by atoms with Crippen LogP contribution >= 0.6 is 23.1 Å². The molecule has 116 valence electrons. The highest BCUT2D eigenvalue weighted by Gasteiger charge is 2.30. The third-order valence-electron chi connectivity index (χ3n) is 2.02. The Morgan fingerprint density at radius 2 is 2.05 bits per heavy atom. The van der Waals surface area contributed by atoms with Gasteiger partial charge in [-0.15, -0.1) is 11.3 Å². The van der Waals surface area contributed by atoms with Crippen molar-refractivity contribution in [2.45, 2.75) is 20.1 Å². The van der Waals surface area contributed by atoms with Gasteiger partial charge in [0, 0.05) is 6.07 Å². The Balaban J connectivity index is 3.22. The number of sulfonamides is 1. The Kier molecular flexibility index (Phi) is 5.27. The summed E-state index contributed by atoms with van der Waals surface area (Å²) in [5.41, 5.74) is -0.634. The van der Waals surface area contributed by atoms with E-state index in [0.29, 0.717) is 29.2 Å². The van der Waals surface area contributed by atoms with Gasteiger partial charge in [0.1, 0.15) is 13.7 Å². The minimum atomic E-state index is -4.18. The van der Waals surface area contributed by atoms with E-state index < -0.39 is 48.5 Å². The van der Waals surface area contributed by atoms with Crippen LogP contribution in [0.3, 0.4) is 0 Å². The number of carboxylic acid groups (broad SMARTS) is 2. The van der Waals surface area contributed by atoms with Crippen LogP contribution in [0, 0.1) is 10.1 Å². The zero-order chi connectivity index (χ0) is 16.4. The van der Waals surface area contributed by atoms with E-state index in [4.69, 9.17) is 15.4 Å². The van der Waals surface area contributed by atoms with E-state index in [9.17, 15) is 28.1 Å². The molecule has 0 bridgehead atoms. The third kappa shape index (κ3) is 4.66. The van der Waals surface area contributed by atoms with Crippen LogP contribution in [0.4, 0.5) is 5.69 Å². The van der Waals surface area contributed by atoms with Crippen LogP contribution in [-0.4, -0.2) is 40.7 Å². The minimum absolute atomic E-state index is 0.238. The second-order valence-corrected chi connectivity index (χ2v) is 7.89. The summed E-state index contributed by atoms with van der Waals surface area (Å²) < 4.78 is 21.6. The molecule has 0 aliphatic heterocycles. The average molecular weight is 356 g/mol. The number of thioether (sulfide) groups is 1. The Labute approximate surface area is 125 Å². The van der Waals surface area contributed by atoms with Crippen LogP contribution in [0.2, 0.25) is 0 Å². The van der Waals surface area contributed by atoms with E-state index in [1.165, 1.54) is 0 Å². The largest absolute Gasteiger partial charge is 0.481 e. The van der Waals surface area contributed by atoms with Crippen molar-refractivity contribution >= 4 is 50.7 Å². The van der Waals surface area contributed by atoms with Crippen LogP contribution in [0.15, 0.2) is 14.5 Å². The summed E-state index contributed by atoms with van der Waals surface area (Å²) in [6.07, 6.45) is -0.778. The number of carboxylic acids is 2. The zero-order valence-electron chi connectivity index (χ0n) is 9.96. The van der Waals surface area contributed by atoms with E-state index in [0.717, 1.165) is 0 Å². The van der Waals surface area contributed by atoms with Gasteiger partial charge in [-0.25, -0.2) is 13.6 Å². The lowest BCUT2D eigenvalue weighted by atomic mass is 10.3. The van der Waals surface area contributed by atoms with Crippen molar-refractivity contribution in [1.29, 1.82) is 0 Å². The molecule has 0 radical (unpaired) electrons. The lowest BCUT2D eigenvalue weighted by Crippen LogP contribution is -2.20. The number of aliphatic carboxylic acids is 2. The maximum atomic E-state index is 11.2. The summed E-state index contributed by atoms with van der Waals surface area (Å²) in [6.45, 7) is 0. The standard InChI is InChI=1S/C8H8N2O8S3/c9-21(17,18)6-1-3(10(15)16)8(20-6)19-4(7(13)14)2-5(11)12/h1,4H,2H2,(H,11,12)(H,13,14)(H2,9,17,18). The number of rotatable bonds is 7. The highest BCUT2D eigenvalue weighted by Crippen LogP contribution is 2.41. The molecule has 0 aliphatic rings. The fourth-order valence-corrected chi connectivity index (χ4v) is 4.55. The van der Waals surface area contributed by atoms with Gasteiger partial charge in [-0.1, -0.05) is 11.8 Å². The Hall–Kier alpha value is -1.70. The summed E-state index contributed by atoms with van der Waals surface area (Å²) in [4.78, 5) is 31.4. The molecule has 13 heteroatoms. The summed E-state index contributed by atoms with van der Waals surface area (Å²) in [7, 11) is -4.18. The van der Waals surface area contributed by atoms with Gasteiger partial charge in [0.15, 0.2) is 0 Å². The fourth-order valence-electron chi connectivity index (χ4n) is 1.16. The van der Waals surface area contributed by atoms with E-state index in [1.54, 1.807) is 0 Å². The molecule has 0 amide bonds. The maximum absolute atomic E-state index is 11.2. The number of nitrogens with zero attached hydrogens (tertiary/aromatic N) is 1. The first-order chi connectivity index (χ1) is 9.52. The lowest BCUT2D eigenvalue weighted by molar-refractivity contribution is -0.387. The molecular weight excluding hydrogens is 348 g/mol. The Bertz CT molecular complexity index is 694. The topological polar surface area (TPSA) is 178 Å². The molecule has 4 N–H and O–H groups in total. The number of hydrogen-bond acceptors (Lipinski definition) is 8. The van der Waals surface area contributed by atoms with Crippen molar-refractivity contribution in [2.75, 3.05) is 0 Å². The first kappa shape index (κ1) is 17.4. The quantitative estimate of drug-likeness (QED) is 0.352. The van der Waals surface area contributed by atoms with Gasteiger partial charge in [-0.3, -0.25) is 19.7 Å². The molecule has 0 aromatic carbocycles. The molecule has 0 saturated carbocycles. The van der Waals surface area contributed by atoms with Gasteiger partial charge >= 0.3 is 11.9 Å². The van der Waals surface area contributed by atoms with Crippen molar-refractivity contribution in [1.82, 2.24) is 0 Å². The maximum Gasteiger partial charge on any atom is 0.317 e. The van der Waals surface area contributed by atoms with Gasteiger partial charge in [-0.05, 0) is 0 Å². The summed E-state index contributed by atoms with van der Waals surface area (Å²) in [5.74, 6) is -2.89. The third-order valence-corrected chi connectivity index (χ3v) is 5.97. The van der Waals surface area contributed by atoms with Crippen LogP contribution in [0.5, 0.6) is 0 Å². The smallest absolute Gasteiger partial charge is 0.317 e. The predicted molar refractivity (Wildman–Crippen MR) is 71.9 cm³/mol. The van der Waals surface area contributed by atoms with Gasteiger partial charge in [0.25, 0.3) is 5.69 Å². The molecular formula is C8H8N2O8S3. The number of thiophene rings is 1. The normalized spacial score (nSPS) is 12.8. The Morgan fingerprint density at radius 1 is 1.48 bits per heavy atom. The molecule has 1 aromatic heterocycles. The van der Waals surface area contributed by atoms with Crippen molar-refractivity contribution < 1.29 is 33.1 Å². The summed E-state index contributed by atoms with van der Waals surface area (Å²) >= 11 is 0.813. The fraction of sp³-hybridized carbons (Fsp3) is 0.250. The molecule has 1 unspecified atom stereocenters. The molecule has 0 fully saturated rings. The molecule has 0 spiro atoms. The van der Waals surface area contributed by atoms with Crippen LogP contribution in [0.1, 0.15) is 6.42 Å². The zero-order valence-corrected chi connectivity index (χ0v) is 12.4. The Morgan fingerprint density at radius 3 is 2.43 bits per heavy atom. The van der Waals surface area contributed by atoms with Crippen molar-refractivity contribution in [3.8, 4) is 0 Å². The number of nitro groups is 1. The van der Waals surface area contributed by atoms with E-state index in [1.807, 2.05) is 0 Å². The molecule has 10 nitrogen and oxygen atoms in total. The van der Waals surface area contributed by atoms with Gasteiger partial charge < -0.3 is 10.2 Å². The number of hydrogen-bond donors (Lipinski definition) is 3. The first-order valence-corrected chi connectivity index (χ1v) is 8.19. The van der Waals surface area contributed by atoms with Crippen LogP contribution < -0.4 is 5.14 Å². The summed E-state index contributed by atoms with van der Waals surface area (Å²) in [6, 6.07) is 0.710. The molecule has 1 atom stereocenters. The van der Waals surface area contributed by atoms with Crippen LogP contribution in [0.25, 0.3) is 0 Å². The molecule has 0 aliphatic carbocycles. The highest BCUT2D eigenvalue weighted by atomic mass is 32.3. The number of carbonyl (C=O) groups is 2. The molecule has 1 aromatic rings. The predicted octanol–water partition coefficient (Wildman–Crippen LogP) is 0.324. The second kappa shape index (κ2) is 6.38. The van der Waals surface area contributed by atoms with Gasteiger partial charge in [-0.2, -0.15) is 0 Å². The number of primary sulfonamides is 1. The second-order valence-electron chi connectivity index (χ2n) is 3.58.